The van der Waals surface area contributed by atoms with Gasteiger partial charge in [0.15, 0.2) is 6.61 Å². The number of halogens is 1. The molecule has 0 aromatic heterocycles. The predicted octanol–water partition coefficient (Wildman–Crippen LogP) is 3.24. The van der Waals surface area contributed by atoms with E-state index in [0.717, 1.165) is 16.7 Å². The van der Waals surface area contributed by atoms with E-state index in [1.165, 1.54) is 7.11 Å². The average molecular weight is 486 g/mol. The van der Waals surface area contributed by atoms with Gasteiger partial charge < -0.3 is 14.2 Å². The average Bonchev–Trinajstić information content (AvgIpc) is 2.92. The molecular weight excluding hydrogens is 466 g/mol. The number of esters is 2. The molecule has 1 aliphatic rings. The van der Waals surface area contributed by atoms with Crippen LogP contribution in [0.2, 0.25) is 0 Å². The molecule has 1 heterocycles. The van der Waals surface area contributed by atoms with E-state index in [9.17, 15) is 19.2 Å². The minimum absolute atomic E-state index is 0.159. The molecule has 0 saturated carbocycles. The zero-order valence-electron chi connectivity index (χ0n) is 16.1. The maximum Gasteiger partial charge on any atom is 0.343 e. The summed E-state index contributed by atoms with van der Waals surface area (Å²) in [4.78, 5) is 48.6. The van der Waals surface area contributed by atoms with Gasteiger partial charge in [0.25, 0.3) is 11.1 Å². The summed E-state index contributed by atoms with van der Waals surface area (Å²) in [7, 11) is 1.26. The maximum atomic E-state index is 12.5. The lowest BCUT2D eigenvalue weighted by atomic mass is 10.2. The second-order valence-corrected chi connectivity index (χ2v) is 8.25. The number of rotatable bonds is 8. The standard InChI is InChI=1S/C19H20BrNO7S/c1-11(2)9-28-16(22)8-21-18(24)15(29-19(21)25)7-12-4-5-14(13(20)6-12)27-10-17(23)26-3/h4-7,11H,8-10H2,1-3H3/b15-7+. The lowest BCUT2D eigenvalue weighted by molar-refractivity contribution is -0.147. The van der Waals surface area contributed by atoms with Crippen molar-refractivity contribution >= 4 is 56.9 Å². The van der Waals surface area contributed by atoms with Gasteiger partial charge in [0.05, 0.1) is 23.1 Å². The van der Waals surface area contributed by atoms with Crippen LogP contribution in [0.5, 0.6) is 5.75 Å². The Hall–Kier alpha value is -2.33. The monoisotopic (exact) mass is 485 g/mol. The van der Waals surface area contributed by atoms with E-state index >= 15 is 0 Å². The molecule has 2 amide bonds. The third-order valence-corrected chi connectivity index (χ3v) is 5.09. The van der Waals surface area contributed by atoms with Crippen LogP contribution in [-0.4, -0.2) is 54.9 Å². The van der Waals surface area contributed by atoms with Gasteiger partial charge in [0.2, 0.25) is 0 Å². The highest BCUT2D eigenvalue weighted by molar-refractivity contribution is 9.10. The zero-order valence-corrected chi connectivity index (χ0v) is 18.5. The molecule has 29 heavy (non-hydrogen) atoms. The quantitative estimate of drug-likeness (QED) is 0.408. The van der Waals surface area contributed by atoms with Crippen LogP contribution in [0.25, 0.3) is 6.08 Å². The third-order valence-electron chi connectivity index (χ3n) is 3.57. The van der Waals surface area contributed by atoms with Gasteiger partial charge in [0, 0.05) is 0 Å². The summed E-state index contributed by atoms with van der Waals surface area (Å²) in [5.41, 5.74) is 0.634. The van der Waals surface area contributed by atoms with Crippen molar-refractivity contribution in [1.29, 1.82) is 0 Å². The summed E-state index contributed by atoms with van der Waals surface area (Å²) < 4.78 is 15.4. The number of hydrogen-bond acceptors (Lipinski definition) is 8. The molecule has 2 rings (SSSR count). The van der Waals surface area contributed by atoms with Crippen molar-refractivity contribution in [1.82, 2.24) is 4.90 Å². The molecule has 0 unspecified atom stereocenters. The molecule has 1 fully saturated rings. The van der Waals surface area contributed by atoms with Gasteiger partial charge in [-0.15, -0.1) is 0 Å². The van der Waals surface area contributed by atoms with E-state index in [4.69, 9.17) is 9.47 Å². The number of nitrogens with zero attached hydrogens (tertiary/aromatic N) is 1. The molecule has 0 spiro atoms. The number of imide groups is 1. The molecule has 156 valence electrons. The van der Waals surface area contributed by atoms with Crippen molar-refractivity contribution in [2.24, 2.45) is 5.92 Å². The van der Waals surface area contributed by atoms with E-state index in [0.29, 0.717) is 15.8 Å². The Balaban J connectivity index is 2.05. The lowest BCUT2D eigenvalue weighted by Crippen LogP contribution is -2.34. The van der Waals surface area contributed by atoms with Crippen LogP contribution in [0.3, 0.4) is 0 Å². The molecule has 1 aromatic rings. The molecule has 1 aliphatic heterocycles. The number of carbonyl (C=O) groups is 4. The van der Waals surface area contributed by atoms with Gasteiger partial charge in [-0.25, -0.2) is 4.79 Å². The van der Waals surface area contributed by atoms with Crippen molar-refractivity contribution in [3.63, 3.8) is 0 Å². The summed E-state index contributed by atoms with van der Waals surface area (Å²) in [6.07, 6.45) is 1.54. The molecule has 10 heteroatoms. The van der Waals surface area contributed by atoms with Crippen LogP contribution >= 0.6 is 27.7 Å². The normalized spacial score (nSPS) is 15.2. The van der Waals surface area contributed by atoms with Gasteiger partial charge in [-0.2, -0.15) is 0 Å². The van der Waals surface area contributed by atoms with E-state index in [2.05, 4.69) is 20.7 Å². The zero-order chi connectivity index (χ0) is 21.6. The molecule has 1 saturated heterocycles. The molecule has 8 nitrogen and oxygen atoms in total. The fraction of sp³-hybridized carbons (Fsp3) is 0.368. The van der Waals surface area contributed by atoms with Crippen LogP contribution in [0, 0.1) is 5.92 Å². The molecule has 0 aliphatic carbocycles. The molecule has 1 aromatic carbocycles. The minimum Gasteiger partial charge on any atom is -0.481 e. The van der Waals surface area contributed by atoms with Crippen LogP contribution in [0.1, 0.15) is 19.4 Å². The van der Waals surface area contributed by atoms with Gasteiger partial charge in [-0.1, -0.05) is 19.9 Å². The second kappa shape index (κ2) is 10.4. The summed E-state index contributed by atoms with van der Waals surface area (Å²) in [6.45, 7) is 3.35. The van der Waals surface area contributed by atoms with Crippen LogP contribution in [0.4, 0.5) is 4.79 Å². The Labute approximate surface area is 180 Å². The van der Waals surface area contributed by atoms with E-state index in [1.54, 1.807) is 24.3 Å². The topological polar surface area (TPSA) is 99.2 Å². The third kappa shape index (κ3) is 6.60. The number of ether oxygens (including phenoxy) is 3. The van der Waals surface area contributed by atoms with Gasteiger partial charge in [-0.3, -0.25) is 19.3 Å². The molecule has 0 atom stereocenters. The maximum absolute atomic E-state index is 12.5. The predicted molar refractivity (Wildman–Crippen MR) is 110 cm³/mol. The summed E-state index contributed by atoms with van der Waals surface area (Å²) in [5.74, 6) is -1.11. The Kier molecular flexibility index (Phi) is 8.27. The Morgan fingerprint density at radius 3 is 2.59 bits per heavy atom. The molecule has 0 bridgehead atoms. The largest absolute Gasteiger partial charge is 0.481 e. The Morgan fingerprint density at radius 1 is 1.24 bits per heavy atom. The molecule has 0 N–H and O–H groups in total. The Bertz CT molecular complexity index is 853. The van der Waals surface area contributed by atoms with Crippen molar-refractivity contribution in [3.8, 4) is 5.75 Å². The van der Waals surface area contributed by atoms with Crippen molar-refractivity contribution in [3.05, 3.63) is 33.1 Å². The number of hydrogen-bond donors (Lipinski definition) is 0. The number of methoxy groups -OCH3 is 1. The number of benzene rings is 1. The number of amides is 2. The second-order valence-electron chi connectivity index (χ2n) is 6.40. The summed E-state index contributed by atoms with van der Waals surface area (Å²) in [5, 5.41) is -0.528. The van der Waals surface area contributed by atoms with Crippen molar-refractivity contribution in [2.45, 2.75) is 13.8 Å². The lowest BCUT2D eigenvalue weighted by Gasteiger charge is -2.12. The van der Waals surface area contributed by atoms with Crippen LogP contribution < -0.4 is 4.74 Å². The highest BCUT2D eigenvalue weighted by atomic mass is 79.9. The van der Waals surface area contributed by atoms with Gasteiger partial charge in [-0.05, 0) is 57.4 Å². The number of carbonyl (C=O) groups excluding carboxylic acids is 4. The highest BCUT2D eigenvalue weighted by Crippen LogP contribution is 2.33. The van der Waals surface area contributed by atoms with Crippen molar-refractivity contribution < 1.29 is 33.4 Å². The molecular formula is C19H20BrNO7S. The smallest absolute Gasteiger partial charge is 0.343 e. The molecule has 0 radical (unpaired) electrons. The van der Waals surface area contributed by atoms with Crippen LogP contribution in [-0.2, 0) is 23.9 Å². The van der Waals surface area contributed by atoms with Gasteiger partial charge >= 0.3 is 11.9 Å². The first-order chi connectivity index (χ1) is 13.7. The first-order valence-corrected chi connectivity index (χ1v) is 10.2. The van der Waals surface area contributed by atoms with Crippen molar-refractivity contribution in [2.75, 3.05) is 26.9 Å². The first kappa shape index (κ1) is 23.0. The highest BCUT2D eigenvalue weighted by Gasteiger charge is 2.36. The van der Waals surface area contributed by atoms with E-state index in [-0.39, 0.29) is 24.0 Å². The fourth-order valence-corrected chi connectivity index (χ4v) is 3.49. The van der Waals surface area contributed by atoms with E-state index < -0.39 is 29.6 Å². The van der Waals surface area contributed by atoms with Crippen LogP contribution in [0.15, 0.2) is 27.6 Å². The summed E-state index contributed by atoms with van der Waals surface area (Å²) in [6, 6.07) is 4.96. The SMILES string of the molecule is COC(=O)COc1ccc(/C=C2/SC(=O)N(CC(=O)OCC(C)C)C2=O)cc1Br. The minimum atomic E-state index is -0.628. The van der Waals surface area contributed by atoms with Gasteiger partial charge in [0.1, 0.15) is 12.3 Å². The first-order valence-electron chi connectivity index (χ1n) is 8.61. The summed E-state index contributed by atoms with van der Waals surface area (Å²) >= 11 is 4.09. The Morgan fingerprint density at radius 2 is 1.97 bits per heavy atom. The van der Waals surface area contributed by atoms with E-state index in [1.807, 2.05) is 13.8 Å². The number of thioether (sulfide) groups is 1. The fourth-order valence-electron chi connectivity index (χ4n) is 2.14.